The van der Waals surface area contributed by atoms with Crippen LogP contribution in [0.5, 0.6) is 0 Å². The van der Waals surface area contributed by atoms with Crippen LogP contribution in [0, 0.1) is 12.7 Å². The molecule has 0 aromatic heterocycles. The second-order valence-electron chi connectivity index (χ2n) is 4.04. The van der Waals surface area contributed by atoms with Gasteiger partial charge in [0.25, 0.3) is 0 Å². The van der Waals surface area contributed by atoms with Gasteiger partial charge in [0, 0.05) is 6.04 Å². The van der Waals surface area contributed by atoms with Gasteiger partial charge in [-0.25, -0.2) is 4.39 Å². The monoisotopic (exact) mass is 245 g/mol. The molecule has 1 aromatic carbocycles. The molecule has 0 spiro atoms. The van der Waals surface area contributed by atoms with Crippen LogP contribution in [-0.2, 0) is 6.42 Å². The standard InChI is InChI=1S/C12H17ClFNO/c1-8-5-9(6-11(13)12(8)14)3-2-4-10(15)7-16/h5-6,10,16H,2-4,7,15H2,1H3. The van der Waals surface area contributed by atoms with Crippen molar-refractivity contribution in [3.63, 3.8) is 0 Å². The van der Waals surface area contributed by atoms with E-state index in [9.17, 15) is 4.39 Å². The highest BCUT2D eigenvalue weighted by molar-refractivity contribution is 6.30. The van der Waals surface area contributed by atoms with E-state index in [0.717, 1.165) is 24.8 Å². The molecular formula is C12H17ClFNO. The summed E-state index contributed by atoms with van der Waals surface area (Å²) in [5.74, 6) is -0.350. The van der Waals surface area contributed by atoms with Crippen molar-refractivity contribution in [3.05, 3.63) is 34.1 Å². The Morgan fingerprint density at radius 3 is 2.75 bits per heavy atom. The van der Waals surface area contributed by atoms with E-state index in [1.165, 1.54) is 0 Å². The number of benzene rings is 1. The predicted octanol–water partition coefficient (Wildman–Crippen LogP) is 2.43. The Morgan fingerprint density at radius 1 is 1.50 bits per heavy atom. The summed E-state index contributed by atoms with van der Waals surface area (Å²) < 4.78 is 13.2. The predicted molar refractivity (Wildman–Crippen MR) is 64.1 cm³/mol. The van der Waals surface area contributed by atoms with E-state index in [1.54, 1.807) is 19.1 Å². The maximum atomic E-state index is 13.2. The van der Waals surface area contributed by atoms with Crippen molar-refractivity contribution in [2.24, 2.45) is 5.73 Å². The molecule has 90 valence electrons. The van der Waals surface area contributed by atoms with Gasteiger partial charge in [-0.05, 0) is 43.4 Å². The molecule has 0 saturated carbocycles. The topological polar surface area (TPSA) is 46.2 Å². The maximum absolute atomic E-state index is 13.2. The van der Waals surface area contributed by atoms with Crippen molar-refractivity contribution in [1.29, 1.82) is 0 Å². The minimum Gasteiger partial charge on any atom is -0.395 e. The lowest BCUT2D eigenvalue weighted by atomic mass is 10.0. The van der Waals surface area contributed by atoms with Gasteiger partial charge in [-0.3, -0.25) is 0 Å². The first kappa shape index (κ1) is 13.4. The fourth-order valence-corrected chi connectivity index (χ4v) is 1.89. The number of aliphatic hydroxyl groups excluding tert-OH is 1. The average Bonchev–Trinajstić information content (AvgIpc) is 2.25. The summed E-state index contributed by atoms with van der Waals surface area (Å²) in [5.41, 5.74) is 7.16. The van der Waals surface area contributed by atoms with Crippen LogP contribution in [-0.4, -0.2) is 17.8 Å². The van der Waals surface area contributed by atoms with Crippen LogP contribution in [0.4, 0.5) is 4.39 Å². The summed E-state index contributed by atoms with van der Waals surface area (Å²) in [6.45, 7) is 1.70. The number of nitrogens with two attached hydrogens (primary N) is 1. The molecule has 1 atom stereocenters. The van der Waals surface area contributed by atoms with Gasteiger partial charge >= 0.3 is 0 Å². The zero-order valence-electron chi connectivity index (χ0n) is 9.34. The van der Waals surface area contributed by atoms with Crippen LogP contribution in [0.3, 0.4) is 0 Å². The van der Waals surface area contributed by atoms with Crippen LogP contribution in [0.2, 0.25) is 5.02 Å². The van der Waals surface area contributed by atoms with E-state index in [-0.39, 0.29) is 23.5 Å². The molecule has 1 aromatic rings. The Bertz CT molecular complexity index is 334. The van der Waals surface area contributed by atoms with Gasteiger partial charge in [0.2, 0.25) is 0 Å². The fourth-order valence-electron chi connectivity index (χ4n) is 1.60. The summed E-state index contributed by atoms with van der Waals surface area (Å²) in [6, 6.07) is 3.28. The van der Waals surface area contributed by atoms with Gasteiger partial charge in [0.1, 0.15) is 5.82 Å². The maximum Gasteiger partial charge on any atom is 0.144 e. The lowest BCUT2D eigenvalue weighted by Gasteiger charge is -2.08. The van der Waals surface area contributed by atoms with Crippen molar-refractivity contribution in [2.45, 2.75) is 32.2 Å². The quantitative estimate of drug-likeness (QED) is 0.837. The molecule has 0 aliphatic heterocycles. The second kappa shape index (κ2) is 6.18. The fraction of sp³-hybridized carbons (Fsp3) is 0.500. The SMILES string of the molecule is Cc1cc(CCCC(N)CO)cc(Cl)c1F. The Balaban J connectivity index is 2.55. The molecule has 1 unspecified atom stereocenters. The first-order valence-corrected chi connectivity index (χ1v) is 5.73. The second-order valence-corrected chi connectivity index (χ2v) is 4.45. The zero-order valence-corrected chi connectivity index (χ0v) is 10.1. The van der Waals surface area contributed by atoms with Gasteiger partial charge in [-0.2, -0.15) is 0 Å². The Hall–Kier alpha value is -0.640. The smallest absolute Gasteiger partial charge is 0.144 e. The molecule has 0 heterocycles. The molecule has 0 fully saturated rings. The number of rotatable bonds is 5. The summed E-state index contributed by atoms with van der Waals surface area (Å²) in [7, 11) is 0. The van der Waals surface area contributed by atoms with Gasteiger partial charge in [-0.1, -0.05) is 17.7 Å². The summed E-state index contributed by atoms with van der Waals surface area (Å²) in [4.78, 5) is 0. The van der Waals surface area contributed by atoms with Crippen molar-refractivity contribution in [2.75, 3.05) is 6.61 Å². The molecule has 2 nitrogen and oxygen atoms in total. The van der Waals surface area contributed by atoms with Crippen LogP contribution < -0.4 is 5.73 Å². The normalized spacial score (nSPS) is 12.8. The first-order valence-electron chi connectivity index (χ1n) is 5.35. The molecule has 16 heavy (non-hydrogen) atoms. The van der Waals surface area contributed by atoms with Gasteiger partial charge in [-0.15, -0.1) is 0 Å². The minimum atomic E-state index is -0.350. The molecule has 0 aliphatic carbocycles. The van der Waals surface area contributed by atoms with Crippen molar-refractivity contribution in [1.82, 2.24) is 0 Å². The first-order chi connectivity index (χ1) is 7.54. The zero-order chi connectivity index (χ0) is 12.1. The van der Waals surface area contributed by atoms with E-state index in [0.29, 0.717) is 5.56 Å². The van der Waals surface area contributed by atoms with E-state index in [2.05, 4.69) is 0 Å². The molecule has 0 saturated heterocycles. The average molecular weight is 246 g/mol. The Kier molecular flexibility index (Phi) is 5.19. The Morgan fingerprint density at radius 2 is 2.19 bits per heavy atom. The Labute approximate surface area is 100 Å². The van der Waals surface area contributed by atoms with E-state index in [4.69, 9.17) is 22.4 Å². The highest BCUT2D eigenvalue weighted by Crippen LogP contribution is 2.21. The summed E-state index contributed by atoms with van der Waals surface area (Å²) >= 11 is 5.75. The number of halogens is 2. The van der Waals surface area contributed by atoms with Crippen LogP contribution in [0.25, 0.3) is 0 Å². The highest BCUT2D eigenvalue weighted by Gasteiger charge is 2.06. The highest BCUT2D eigenvalue weighted by atomic mass is 35.5. The van der Waals surface area contributed by atoms with Gasteiger partial charge in [0.15, 0.2) is 0 Å². The summed E-state index contributed by atoms with van der Waals surface area (Å²) in [6.07, 6.45) is 2.42. The molecule has 4 heteroatoms. The van der Waals surface area contributed by atoms with Gasteiger partial charge in [0.05, 0.1) is 11.6 Å². The van der Waals surface area contributed by atoms with Crippen LogP contribution >= 0.6 is 11.6 Å². The van der Waals surface area contributed by atoms with Crippen molar-refractivity contribution >= 4 is 11.6 Å². The van der Waals surface area contributed by atoms with E-state index >= 15 is 0 Å². The van der Waals surface area contributed by atoms with Crippen LogP contribution in [0.1, 0.15) is 24.0 Å². The molecule has 1 rings (SSSR count). The van der Waals surface area contributed by atoms with Crippen molar-refractivity contribution < 1.29 is 9.50 Å². The summed E-state index contributed by atoms with van der Waals surface area (Å²) in [5, 5.41) is 8.93. The van der Waals surface area contributed by atoms with Gasteiger partial charge < -0.3 is 10.8 Å². The third-order valence-electron chi connectivity index (χ3n) is 2.54. The molecule has 0 bridgehead atoms. The number of aliphatic hydroxyl groups is 1. The van der Waals surface area contributed by atoms with Crippen molar-refractivity contribution in [3.8, 4) is 0 Å². The number of hydrogen-bond acceptors (Lipinski definition) is 2. The lowest BCUT2D eigenvalue weighted by molar-refractivity contribution is 0.258. The molecule has 0 radical (unpaired) electrons. The third kappa shape index (κ3) is 3.74. The van der Waals surface area contributed by atoms with E-state index in [1.807, 2.05) is 0 Å². The molecule has 0 aliphatic rings. The number of aryl methyl sites for hydroxylation is 2. The van der Waals surface area contributed by atoms with Crippen LogP contribution in [0.15, 0.2) is 12.1 Å². The molecule has 0 amide bonds. The van der Waals surface area contributed by atoms with E-state index < -0.39 is 0 Å². The number of hydrogen-bond donors (Lipinski definition) is 2. The third-order valence-corrected chi connectivity index (χ3v) is 2.82. The lowest BCUT2D eigenvalue weighted by Crippen LogP contribution is -2.24. The minimum absolute atomic E-state index is 0.00318. The molecular weight excluding hydrogens is 229 g/mol. The largest absolute Gasteiger partial charge is 0.395 e. The molecule has 3 N–H and O–H groups in total.